The highest BCUT2D eigenvalue weighted by Crippen LogP contribution is 2.35. The summed E-state index contributed by atoms with van der Waals surface area (Å²) in [5.41, 5.74) is -1.66. The van der Waals surface area contributed by atoms with Gasteiger partial charge in [-0.25, -0.2) is 4.98 Å². The number of hydrogen-bond donors (Lipinski definition) is 3. The fraction of sp³-hybridized carbons (Fsp3) is 0.158. The van der Waals surface area contributed by atoms with Crippen molar-refractivity contribution in [2.24, 2.45) is 0 Å². The van der Waals surface area contributed by atoms with Crippen molar-refractivity contribution in [2.45, 2.75) is 18.8 Å². The maximum absolute atomic E-state index is 13.1. The van der Waals surface area contributed by atoms with Crippen LogP contribution in [-0.2, 0) is 12.8 Å². The number of aliphatic hydroxyl groups is 1. The van der Waals surface area contributed by atoms with E-state index in [0.29, 0.717) is 0 Å². The smallest absolute Gasteiger partial charge is 0.416 e. The average molecular weight is 392 g/mol. The van der Waals surface area contributed by atoms with Crippen LogP contribution < -0.4 is 10.7 Å². The summed E-state index contributed by atoms with van der Waals surface area (Å²) < 4.78 is 44.8. The quantitative estimate of drug-likeness (QED) is 0.616. The second-order valence-electron chi connectivity index (χ2n) is 5.86. The molecule has 0 saturated carbocycles. The highest BCUT2D eigenvalue weighted by atomic mass is 19.4. The van der Waals surface area contributed by atoms with Gasteiger partial charge in [0.25, 0.3) is 0 Å². The van der Waals surface area contributed by atoms with Crippen LogP contribution in [0.5, 0.6) is 5.75 Å². The van der Waals surface area contributed by atoms with Crippen molar-refractivity contribution in [3.63, 3.8) is 0 Å². The molecule has 2 aromatic heterocycles. The van der Waals surface area contributed by atoms with Gasteiger partial charge >= 0.3 is 6.18 Å². The second-order valence-corrected chi connectivity index (χ2v) is 5.86. The normalized spacial score (nSPS) is 12.6. The van der Waals surface area contributed by atoms with Crippen LogP contribution in [0.3, 0.4) is 0 Å². The molecule has 0 amide bonds. The molecule has 9 heteroatoms. The third kappa shape index (κ3) is 4.15. The highest BCUT2D eigenvalue weighted by molar-refractivity contribution is 5.46. The van der Waals surface area contributed by atoms with Crippen molar-refractivity contribution in [1.82, 2.24) is 4.98 Å². The molecule has 0 aliphatic carbocycles. The van der Waals surface area contributed by atoms with Gasteiger partial charge in [-0.3, -0.25) is 4.79 Å². The number of rotatable bonds is 5. The number of alkyl halides is 3. The Bertz CT molecular complexity index is 1020. The lowest BCUT2D eigenvalue weighted by molar-refractivity contribution is -0.137. The first kappa shape index (κ1) is 19.4. The summed E-state index contributed by atoms with van der Waals surface area (Å²) in [6.45, 7) is -0.624. The highest BCUT2D eigenvalue weighted by Gasteiger charge is 2.32. The Morgan fingerprint density at radius 1 is 1.14 bits per heavy atom. The van der Waals surface area contributed by atoms with Crippen molar-refractivity contribution < 1.29 is 27.8 Å². The Kier molecular flexibility index (Phi) is 5.36. The Morgan fingerprint density at radius 3 is 2.57 bits per heavy atom. The van der Waals surface area contributed by atoms with Gasteiger partial charge in [0.2, 0.25) is 11.2 Å². The summed E-state index contributed by atoms with van der Waals surface area (Å²) in [4.78, 5) is 16.0. The predicted octanol–water partition coefficient (Wildman–Crippen LogP) is 3.45. The van der Waals surface area contributed by atoms with Crippen LogP contribution in [0.25, 0.3) is 0 Å². The van der Waals surface area contributed by atoms with Crippen LogP contribution in [-0.4, -0.2) is 15.2 Å². The number of aliphatic hydroxyl groups excluding tert-OH is 1. The molecule has 1 aromatic carbocycles. The van der Waals surface area contributed by atoms with Crippen molar-refractivity contribution in [2.75, 3.05) is 5.32 Å². The Labute approximate surface area is 156 Å². The van der Waals surface area contributed by atoms with Crippen LogP contribution in [0.1, 0.15) is 28.7 Å². The molecule has 0 bridgehead atoms. The fourth-order valence-corrected chi connectivity index (χ4v) is 2.62. The van der Waals surface area contributed by atoms with Crippen molar-refractivity contribution >= 4 is 5.82 Å². The van der Waals surface area contributed by atoms with E-state index in [-0.39, 0.29) is 22.9 Å². The number of hydrogen-bond acceptors (Lipinski definition) is 6. The summed E-state index contributed by atoms with van der Waals surface area (Å²) in [5, 5.41) is 22.3. The number of halogens is 3. The number of nitrogens with one attached hydrogen (secondary N) is 1. The van der Waals surface area contributed by atoms with Crippen LogP contribution in [0.15, 0.2) is 63.9 Å². The zero-order chi connectivity index (χ0) is 20.3. The minimum atomic E-state index is -4.58. The SMILES string of the molecule is O=c1cc(CO)oc(C(Nc2ccccn2)c2cccc(C(F)(F)F)c2)c1O. The molecule has 1 unspecified atom stereocenters. The zero-order valence-electron chi connectivity index (χ0n) is 14.3. The summed E-state index contributed by atoms with van der Waals surface area (Å²) in [7, 11) is 0. The molecule has 3 N–H and O–H groups in total. The van der Waals surface area contributed by atoms with Crippen LogP contribution >= 0.6 is 0 Å². The lowest BCUT2D eigenvalue weighted by atomic mass is 10.0. The molecule has 0 aliphatic rings. The summed E-state index contributed by atoms with van der Waals surface area (Å²) >= 11 is 0. The van der Waals surface area contributed by atoms with E-state index in [2.05, 4.69) is 10.3 Å². The van der Waals surface area contributed by atoms with E-state index < -0.39 is 35.6 Å². The molecule has 3 rings (SSSR count). The van der Waals surface area contributed by atoms with E-state index >= 15 is 0 Å². The molecule has 0 fully saturated rings. The van der Waals surface area contributed by atoms with Crippen LogP contribution in [0.4, 0.5) is 19.0 Å². The molecule has 3 aromatic rings. The van der Waals surface area contributed by atoms with E-state index in [0.717, 1.165) is 18.2 Å². The molecular formula is C19H15F3N2O4. The first-order valence-electron chi connectivity index (χ1n) is 8.11. The molecule has 2 heterocycles. The van der Waals surface area contributed by atoms with Gasteiger partial charge in [0, 0.05) is 12.3 Å². The van der Waals surface area contributed by atoms with E-state index in [1.165, 1.54) is 18.3 Å². The topological polar surface area (TPSA) is 95.6 Å². The first-order valence-corrected chi connectivity index (χ1v) is 8.11. The number of anilines is 1. The first-order chi connectivity index (χ1) is 13.3. The molecule has 0 aliphatic heterocycles. The van der Waals surface area contributed by atoms with Crippen molar-refractivity contribution in [3.8, 4) is 5.75 Å². The maximum atomic E-state index is 13.1. The van der Waals surface area contributed by atoms with Gasteiger partial charge in [0.1, 0.15) is 24.2 Å². The van der Waals surface area contributed by atoms with E-state index in [4.69, 9.17) is 4.42 Å². The van der Waals surface area contributed by atoms with E-state index in [9.17, 15) is 28.2 Å². The van der Waals surface area contributed by atoms with E-state index in [1.807, 2.05) is 0 Å². The minimum absolute atomic E-state index is 0.0778. The monoisotopic (exact) mass is 392 g/mol. The molecule has 6 nitrogen and oxygen atoms in total. The van der Waals surface area contributed by atoms with Crippen molar-refractivity contribution in [3.05, 3.63) is 87.6 Å². The molecule has 0 spiro atoms. The van der Waals surface area contributed by atoms with Gasteiger partial charge in [-0.15, -0.1) is 0 Å². The van der Waals surface area contributed by atoms with Gasteiger partial charge < -0.3 is 19.9 Å². The third-order valence-electron chi connectivity index (χ3n) is 3.92. The summed E-state index contributed by atoms with van der Waals surface area (Å²) in [6.07, 6.45) is -3.12. The van der Waals surface area contributed by atoms with Gasteiger partial charge in [-0.2, -0.15) is 13.2 Å². The molecule has 1 atom stereocenters. The number of aromatic hydroxyl groups is 1. The number of nitrogens with zero attached hydrogens (tertiary/aromatic N) is 1. The van der Waals surface area contributed by atoms with Gasteiger partial charge in [-0.1, -0.05) is 18.2 Å². The van der Waals surface area contributed by atoms with Gasteiger partial charge in [0.05, 0.1) is 5.56 Å². The third-order valence-corrected chi connectivity index (χ3v) is 3.92. The molecular weight excluding hydrogens is 377 g/mol. The number of aromatic nitrogens is 1. The number of benzene rings is 1. The lowest BCUT2D eigenvalue weighted by Gasteiger charge is -2.21. The molecule has 146 valence electrons. The Morgan fingerprint density at radius 2 is 1.93 bits per heavy atom. The van der Waals surface area contributed by atoms with Gasteiger partial charge in [-0.05, 0) is 29.8 Å². The predicted molar refractivity (Wildman–Crippen MR) is 93.7 cm³/mol. The van der Waals surface area contributed by atoms with Gasteiger partial charge in [0.15, 0.2) is 5.76 Å². The Hall–Kier alpha value is -3.33. The van der Waals surface area contributed by atoms with E-state index in [1.54, 1.807) is 18.2 Å². The standard InChI is InChI=1S/C19H15F3N2O4/c20-19(21,22)12-5-3-4-11(8-12)16(24-15-6-1-2-7-23-15)18-17(27)14(26)9-13(10-25)28-18/h1-9,16,25,27H,10H2,(H,23,24). The molecule has 0 saturated heterocycles. The van der Waals surface area contributed by atoms with Crippen LogP contribution in [0, 0.1) is 0 Å². The molecule has 28 heavy (non-hydrogen) atoms. The minimum Gasteiger partial charge on any atom is -0.502 e. The molecule has 0 radical (unpaired) electrons. The lowest BCUT2D eigenvalue weighted by Crippen LogP contribution is -2.17. The summed E-state index contributed by atoms with van der Waals surface area (Å²) in [5.74, 6) is -0.969. The number of pyridine rings is 1. The summed E-state index contributed by atoms with van der Waals surface area (Å²) in [6, 6.07) is 8.97. The zero-order valence-corrected chi connectivity index (χ0v) is 14.3. The van der Waals surface area contributed by atoms with Crippen LogP contribution in [0.2, 0.25) is 0 Å². The maximum Gasteiger partial charge on any atom is 0.416 e. The second kappa shape index (κ2) is 7.73. The Balaban J connectivity index is 2.17. The fourth-order valence-electron chi connectivity index (χ4n) is 2.62. The largest absolute Gasteiger partial charge is 0.502 e. The van der Waals surface area contributed by atoms with Crippen molar-refractivity contribution in [1.29, 1.82) is 0 Å². The average Bonchev–Trinajstić information content (AvgIpc) is 2.68.